The predicted molar refractivity (Wildman–Crippen MR) is 172 cm³/mol. The van der Waals surface area contributed by atoms with Crippen LogP contribution in [-0.4, -0.2) is 28.3 Å². The quantitative estimate of drug-likeness (QED) is 0.295. The van der Waals surface area contributed by atoms with Gasteiger partial charge in [0.1, 0.15) is 0 Å². The van der Waals surface area contributed by atoms with Gasteiger partial charge in [0.15, 0.2) is 0 Å². The highest BCUT2D eigenvalue weighted by Gasteiger charge is 2.39. The molecule has 1 aromatic carbocycles. The van der Waals surface area contributed by atoms with E-state index in [-0.39, 0.29) is 15.8 Å². The van der Waals surface area contributed by atoms with Gasteiger partial charge in [-0.15, -0.1) is 0 Å². The summed E-state index contributed by atoms with van der Waals surface area (Å²) in [6.45, 7) is 0. The van der Waals surface area contributed by atoms with E-state index in [0.717, 1.165) is 34.2 Å². The van der Waals surface area contributed by atoms with Crippen LogP contribution in [-0.2, 0) is 0 Å². The Morgan fingerprint density at radius 3 is 1.45 bits per heavy atom. The summed E-state index contributed by atoms with van der Waals surface area (Å²) >= 11 is 0. The second-order valence-electron chi connectivity index (χ2n) is 14.1. The summed E-state index contributed by atoms with van der Waals surface area (Å²) in [7, 11) is 0.262. The summed E-state index contributed by atoms with van der Waals surface area (Å²) in [5, 5.41) is 1.83. The molecular formula is C36H58P2. The molecule has 5 aliphatic carbocycles. The van der Waals surface area contributed by atoms with Crippen LogP contribution in [0.4, 0.5) is 0 Å². The lowest BCUT2D eigenvalue weighted by Crippen LogP contribution is -2.30. The molecule has 0 nitrogen and oxygen atoms in total. The lowest BCUT2D eigenvalue weighted by molar-refractivity contribution is 0.430. The number of hydrogen-bond acceptors (Lipinski definition) is 0. The van der Waals surface area contributed by atoms with Crippen LogP contribution in [0.1, 0.15) is 166 Å². The van der Waals surface area contributed by atoms with Crippen molar-refractivity contribution in [1.29, 1.82) is 0 Å². The van der Waals surface area contributed by atoms with Gasteiger partial charge in [0.25, 0.3) is 0 Å². The summed E-state index contributed by atoms with van der Waals surface area (Å²) in [4.78, 5) is 0. The fraction of sp³-hybridized carbons (Fsp3) is 0.833. The third-order valence-corrected chi connectivity index (χ3v) is 19.1. The van der Waals surface area contributed by atoms with E-state index in [9.17, 15) is 0 Å². The molecule has 0 N–H and O–H groups in total. The van der Waals surface area contributed by atoms with Gasteiger partial charge in [0.2, 0.25) is 0 Å². The highest BCUT2D eigenvalue weighted by atomic mass is 31.1. The van der Waals surface area contributed by atoms with Crippen LogP contribution in [0, 0.1) is 0 Å². The zero-order chi connectivity index (χ0) is 25.6. The molecule has 0 amide bonds. The van der Waals surface area contributed by atoms with Gasteiger partial charge in [-0.2, -0.15) is 0 Å². The van der Waals surface area contributed by atoms with Gasteiger partial charge in [0, 0.05) is 0 Å². The lowest BCUT2D eigenvalue weighted by atomic mass is 9.84. The molecule has 38 heavy (non-hydrogen) atoms. The molecule has 0 saturated heterocycles. The summed E-state index contributed by atoms with van der Waals surface area (Å²) in [5.74, 6) is 0.862. The molecule has 5 saturated carbocycles. The van der Waals surface area contributed by atoms with Gasteiger partial charge in [-0.1, -0.05) is 124 Å². The second-order valence-corrected chi connectivity index (χ2v) is 20.0. The summed E-state index contributed by atoms with van der Waals surface area (Å²) in [6, 6.07) is 10.5. The highest BCUT2D eigenvalue weighted by molar-refractivity contribution is 7.67. The molecule has 0 bridgehead atoms. The van der Waals surface area contributed by atoms with E-state index in [1.54, 1.807) is 69.8 Å². The van der Waals surface area contributed by atoms with Crippen LogP contribution in [0.2, 0.25) is 0 Å². The first-order valence-electron chi connectivity index (χ1n) is 17.5. The maximum Gasteiger partial charge on any atom is -0.0156 e. The van der Waals surface area contributed by atoms with Gasteiger partial charge >= 0.3 is 0 Å². The zero-order valence-electron chi connectivity index (χ0n) is 24.6. The Labute approximate surface area is 238 Å². The zero-order valence-corrected chi connectivity index (χ0v) is 26.4. The van der Waals surface area contributed by atoms with Gasteiger partial charge in [-0.3, -0.25) is 0 Å². The minimum atomic E-state index is 0.0306. The van der Waals surface area contributed by atoms with Crippen molar-refractivity contribution < 1.29 is 0 Å². The number of hydrogen-bond donors (Lipinski definition) is 0. The SMILES string of the molecule is c1cc(C2CCCC(P(C3CCCCC3)C3CCCCC3)C2)cc(P(C2CCCCC2)C2CCCCC2)c1. The van der Waals surface area contributed by atoms with Gasteiger partial charge in [0.05, 0.1) is 0 Å². The molecule has 0 aliphatic heterocycles. The number of rotatable bonds is 7. The number of benzene rings is 1. The molecule has 5 fully saturated rings. The minimum absolute atomic E-state index is 0.0306. The minimum Gasteiger partial charge on any atom is -0.0971 e. The maximum absolute atomic E-state index is 2.82. The van der Waals surface area contributed by atoms with Gasteiger partial charge in [-0.25, -0.2) is 0 Å². The third-order valence-electron chi connectivity index (χ3n) is 11.6. The van der Waals surface area contributed by atoms with Crippen molar-refractivity contribution in [3.8, 4) is 0 Å². The molecule has 0 radical (unpaired) electrons. The molecule has 2 atom stereocenters. The highest BCUT2D eigenvalue weighted by Crippen LogP contribution is 2.63. The smallest absolute Gasteiger partial charge is 0.0156 e. The largest absolute Gasteiger partial charge is 0.0971 e. The fourth-order valence-corrected chi connectivity index (χ4v) is 18.3. The van der Waals surface area contributed by atoms with Crippen molar-refractivity contribution in [1.82, 2.24) is 0 Å². The molecule has 0 spiro atoms. The summed E-state index contributed by atoms with van der Waals surface area (Å²) < 4.78 is 0. The van der Waals surface area contributed by atoms with Crippen molar-refractivity contribution in [2.45, 2.75) is 188 Å². The predicted octanol–water partition coefficient (Wildman–Crippen LogP) is 11.6. The Morgan fingerprint density at radius 1 is 0.447 bits per heavy atom. The van der Waals surface area contributed by atoms with Crippen LogP contribution >= 0.6 is 15.8 Å². The molecule has 1 aromatic rings. The van der Waals surface area contributed by atoms with Gasteiger partial charge in [-0.05, 0) is 116 Å². The Bertz CT molecular complexity index is 789. The van der Waals surface area contributed by atoms with Crippen LogP contribution in [0.15, 0.2) is 24.3 Å². The average Bonchev–Trinajstić information content (AvgIpc) is 3.00. The molecular weight excluding hydrogens is 494 g/mol. The fourth-order valence-electron chi connectivity index (χ4n) is 9.77. The molecule has 6 rings (SSSR count). The molecule has 2 heteroatoms. The van der Waals surface area contributed by atoms with Crippen molar-refractivity contribution in [3.05, 3.63) is 29.8 Å². The van der Waals surface area contributed by atoms with E-state index < -0.39 is 0 Å². The monoisotopic (exact) mass is 552 g/mol. The van der Waals surface area contributed by atoms with Crippen molar-refractivity contribution >= 4 is 21.1 Å². The summed E-state index contributed by atoms with van der Waals surface area (Å²) in [5.41, 5.74) is 7.17. The molecule has 0 heterocycles. The molecule has 212 valence electrons. The summed E-state index contributed by atoms with van der Waals surface area (Å²) in [6.07, 6.45) is 36.8. The van der Waals surface area contributed by atoms with E-state index in [2.05, 4.69) is 24.3 Å². The first kappa shape index (κ1) is 28.2. The Kier molecular flexibility index (Phi) is 10.6. The molecule has 0 aromatic heterocycles. The van der Waals surface area contributed by atoms with Crippen molar-refractivity contribution in [2.24, 2.45) is 0 Å². The Balaban J connectivity index is 1.21. The van der Waals surface area contributed by atoms with Crippen LogP contribution in [0.25, 0.3) is 0 Å². The lowest BCUT2D eigenvalue weighted by Gasteiger charge is -2.46. The average molecular weight is 553 g/mol. The normalized spacial score (nSPS) is 29.7. The van der Waals surface area contributed by atoms with Gasteiger partial charge < -0.3 is 0 Å². The first-order valence-corrected chi connectivity index (χ1v) is 20.6. The second kappa shape index (κ2) is 14.3. The topological polar surface area (TPSA) is 0 Å². The van der Waals surface area contributed by atoms with E-state index in [1.807, 2.05) is 5.30 Å². The van der Waals surface area contributed by atoms with Crippen LogP contribution in [0.5, 0.6) is 0 Å². The molecule has 5 aliphatic rings. The standard InChI is InChI=1S/C36H58P2/c1-5-17-31(18-6-1)37(32-19-7-2-8-20-32)35-25-13-15-29(27-35)30-16-14-26-36(28-30)38(33-21-9-3-10-22-33)34-23-11-4-12-24-34/h13,15,25,27,30-34,36H,1-12,14,16-24,26,28H2. The van der Waals surface area contributed by atoms with E-state index in [0.29, 0.717) is 0 Å². The Hall–Kier alpha value is 0.0800. The van der Waals surface area contributed by atoms with Crippen molar-refractivity contribution in [2.75, 3.05) is 0 Å². The van der Waals surface area contributed by atoms with E-state index >= 15 is 0 Å². The third kappa shape index (κ3) is 6.92. The molecule has 2 unspecified atom stereocenters. The maximum atomic E-state index is 2.82. The van der Waals surface area contributed by atoms with Crippen LogP contribution < -0.4 is 5.30 Å². The van der Waals surface area contributed by atoms with E-state index in [4.69, 9.17) is 0 Å². The Morgan fingerprint density at radius 2 is 0.921 bits per heavy atom. The van der Waals surface area contributed by atoms with Crippen LogP contribution in [0.3, 0.4) is 0 Å². The van der Waals surface area contributed by atoms with E-state index in [1.165, 1.54) is 89.9 Å². The van der Waals surface area contributed by atoms with Crippen molar-refractivity contribution in [3.63, 3.8) is 0 Å². The first-order chi connectivity index (χ1) is 18.9.